The maximum atomic E-state index is 11.9. The maximum Gasteiger partial charge on any atom is 0.239 e. The molecular formula is C15H30N2O. The van der Waals surface area contributed by atoms with Crippen molar-refractivity contribution in [1.29, 1.82) is 0 Å². The minimum absolute atomic E-state index is 0.00760. The lowest BCUT2D eigenvalue weighted by Crippen LogP contribution is -2.51. The van der Waals surface area contributed by atoms with E-state index in [0.29, 0.717) is 0 Å². The second-order valence-electron chi connectivity index (χ2n) is 6.35. The van der Waals surface area contributed by atoms with Crippen molar-refractivity contribution in [3.8, 4) is 0 Å². The molecule has 3 unspecified atom stereocenters. The highest BCUT2D eigenvalue weighted by Crippen LogP contribution is 2.30. The highest BCUT2D eigenvalue weighted by molar-refractivity contribution is 5.85. The van der Waals surface area contributed by atoms with Crippen molar-refractivity contribution in [3.63, 3.8) is 0 Å². The fourth-order valence-corrected chi connectivity index (χ4v) is 3.05. The Morgan fingerprint density at radius 2 is 2.17 bits per heavy atom. The van der Waals surface area contributed by atoms with Crippen molar-refractivity contribution < 1.29 is 4.79 Å². The van der Waals surface area contributed by atoms with Gasteiger partial charge in [-0.2, -0.15) is 0 Å². The van der Waals surface area contributed by atoms with Crippen molar-refractivity contribution >= 4 is 5.91 Å². The molecule has 0 aromatic heterocycles. The summed E-state index contributed by atoms with van der Waals surface area (Å²) in [5.74, 6) is 1.66. The molecule has 1 aliphatic carbocycles. The summed E-state index contributed by atoms with van der Waals surface area (Å²) in [7, 11) is 0. The minimum atomic E-state index is -0.700. The summed E-state index contributed by atoms with van der Waals surface area (Å²) in [5, 5.41) is 3.01. The SMILES string of the molecule is CCCC(C)(N)C(=O)NCCC1CCCC(C)C1. The van der Waals surface area contributed by atoms with Gasteiger partial charge in [0.2, 0.25) is 5.91 Å². The average Bonchev–Trinajstić information content (AvgIpc) is 2.28. The van der Waals surface area contributed by atoms with E-state index < -0.39 is 5.54 Å². The Balaban J connectivity index is 2.22. The zero-order chi connectivity index (χ0) is 13.6. The standard InChI is InChI=1S/C15H30N2O/c1-4-9-15(3,16)14(18)17-10-8-13-7-5-6-12(2)11-13/h12-13H,4-11,16H2,1-3H3,(H,17,18). The van der Waals surface area contributed by atoms with E-state index in [0.717, 1.165) is 37.6 Å². The number of nitrogens with one attached hydrogen (secondary N) is 1. The number of hydrogen-bond acceptors (Lipinski definition) is 2. The zero-order valence-corrected chi connectivity index (χ0v) is 12.3. The molecule has 0 aromatic rings. The number of hydrogen-bond donors (Lipinski definition) is 2. The second-order valence-corrected chi connectivity index (χ2v) is 6.35. The highest BCUT2D eigenvalue weighted by Gasteiger charge is 2.27. The van der Waals surface area contributed by atoms with Gasteiger partial charge in [-0.3, -0.25) is 4.79 Å². The monoisotopic (exact) mass is 254 g/mol. The summed E-state index contributed by atoms with van der Waals surface area (Å²) in [6.07, 6.45) is 8.18. The molecule has 3 atom stereocenters. The number of nitrogens with two attached hydrogens (primary N) is 1. The Morgan fingerprint density at radius 3 is 2.78 bits per heavy atom. The Hall–Kier alpha value is -0.570. The van der Waals surface area contributed by atoms with Crippen LogP contribution in [0, 0.1) is 11.8 Å². The van der Waals surface area contributed by atoms with Gasteiger partial charge in [0, 0.05) is 6.54 Å². The van der Waals surface area contributed by atoms with E-state index in [1.807, 2.05) is 6.92 Å². The van der Waals surface area contributed by atoms with Crippen LogP contribution in [0.2, 0.25) is 0 Å². The summed E-state index contributed by atoms with van der Waals surface area (Å²) in [5.41, 5.74) is 5.30. The second kappa shape index (κ2) is 7.13. The fraction of sp³-hybridized carbons (Fsp3) is 0.933. The van der Waals surface area contributed by atoms with Crippen molar-refractivity contribution in [2.45, 2.75) is 71.3 Å². The molecule has 3 heteroatoms. The van der Waals surface area contributed by atoms with Gasteiger partial charge >= 0.3 is 0 Å². The lowest BCUT2D eigenvalue weighted by Gasteiger charge is -2.27. The molecule has 18 heavy (non-hydrogen) atoms. The van der Waals surface area contributed by atoms with Gasteiger partial charge in [-0.1, -0.05) is 39.5 Å². The molecule has 1 amide bonds. The van der Waals surface area contributed by atoms with Crippen molar-refractivity contribution in [1.82, 2.24) is 5.32 Å². The Morgan fingerprint density at radius 1 is 1.44 bits per heavy atom. The first-order chi connectivity index (χ1) is 8.45. The van der Waals surface area contributed by atoms with Gasteiger partial charge in [0.15, 0.2) is 0 Å². The summed E-state index contributed by atoms with van der Waals surface area (Å²) in [4.78, 5) is 11.9. The third-order valence-electron chi connectivity index (χ3n) is 4.17. The molecule has 1 aliphatic rings. The molecule has 1 rings (SSSR count). The number of rotatable bonds is 6. The quantitative estimate of drug-likeness (QED) is 0.766. The van der Waals surface area contributed by atoms with Crippen LogP contribution in [0.5, 0.6) is 0 Å². The van der Waals surface area contributed by atoms with E-state index in [9.17, 15) is 4.79 Å². The van der Waals surface area contributed by atoms with E-state index in [1.54, 1.807) is 0 Å². The predicted molar refractivity (Wildman–Crippen MR) is 76.2 cm³/mol. The van der Waals surface area contributed by atoms with Gasteiger partial charge in [-0.25, -0.2) is 0 Å². The van der Waals surface area contributed by atoms with Crippen LogP contribution in [0.25, 0.3) is 0 Å². The third-order valence-corrected chi connectivity index (χ3v) is 4.17. The van der Waals surface area contributed by atoms with Crippen molar-refractivity contribution in [2.75, 3.05) is 6.54 Å². The summed E-state index contributed by atoms with van der Waals surface area (Å²) in [6, 6.07) is 0. The van der Waals surface area contributed by atoms with Gasteiger partial charge in [-0.05, 0) is 38.0 Å². The summed E-state index contributed by atoms with van der Waals surface area (Å²) in [6.45, 7) is 7.01. The molecular weight excluding hydrogens is 224 g/mol. The number of amides is 1. The molecule has 0 radical (unpaired) electrons. The molecule has 0 spiro atoms. The van der Waals surface area contributed by atoms with E-state index in [2.05, 4.69) is 19.2 Å². The van der Waals surface area contributed by atoms with E-state index >= 15 is 0 Å². The topological polar surface area (TPSA) is 55.1 Å². The summed E-state index contributed by atoms with van der Waals surface area (Å²) >= 11 is 0. The Bertz CT molecular complexity index is 263. The highest BCUT2D eigenvalue weighted by atomic mass is 16.2. The zero-order valence-electron chi connectivity index (χ0n) is 12.3. The molecule has 0 aromatic carbocycles. The molecule has 0 saturated heterocycles. The normalized spacial score (nSPS) is 27.6. The summed E-state index contributed by atoms with van der Waals surface area (Å²) < 4.78 is 0. The van der Waals surface area contributed by atoms with Gasteiger partial charge in [0.25, 0.3) is 0 Å². The van der Waals surface area contributed by atoms with Crippen LogP contribution in [-0.2, 0) is 4.79 Å². The van der Waals surface area contributed by atoms with Crippen LogP contribution in [0.15, 0.2) is 0 Å². The van der Waals surface area contributed by atoms with Crippen LogP contribution >= 0.6 is 0 Å². The fourth-order valence-electron chi connectivity index (χ4n) is 3.05. The van der Waals surface area contributed by atoms with Crippen molar-refractivity contribution in [3.05, 3.63) is 0 Å². The first-order valence-corrected chi connectivity index (χ1v) is 7.53. The van der Waals surface area contributed by atoms with E-state index in [1.165, 1.54) is 25.7 Å². The molecule has 3 N–H and O–H groups in total. The first kappa shape index (κ1) is 15.5. The van der Waals surface area contributed by atoms with E-state index in [-0.39, 0.29) is 5.91 Å². The molecule has 0 heterocycles. The lowest BCUT2D eigenvalue weighted by atomic mass is 9.81. The van der Waals surface area contributed by atoms with Crippen LogP contribution < -0.4 is 11.1 Å². The largest absolute Gasteiger partial charge is 0.355 e. The van der Waals surface area contributed by atoms with Crippen LogP contribution in [0.1, 0.15) is 65.7 Å². The molecule has 0 aliphatic heterocycles. The van der Waals surface area contributed by atoms with Gasteiger partial charge in [0.1, 0.15) is 0 Å². The Labute approximate surface area is 112 Å². The van der Waals surface area contributed by atoms with Gasteiger partial charge in [0.05, 0.1) is 5.54 Å². The first-order valence-electron chi connectivity index (χ1n) is 7.53. The molecule has 1 fully saturated rings. The predicted octanol–water partition coefficient (Wildman–Crippen LogP) is 2.84. The van der Waals surface area contributed by atoms with E-state index in [4.69, 9.17) is 5.73 Å². The average molecular weight is 254 g/mol. The van der Waals surface area contributed by atoms with Crippen LogP contribution in [0.4, 0.5) is 0 Å². The van der Waals surface area contributed by atoms with Crippen LogP contribution in [0.3, 0.4) is 0 Å². The molecule has 106 valence electrons. The Kier molecular flexibility index (Phi) is 6.13. The molecule has 0 bridgehead atoms. The maximum absolute atomic E-state index is 11.9. The van der Waals surface area contributed by atoms with Crippen LogP contribution in [-0.4, -0.2) is 18.0 Å². The number of carbonyl (C=O) groups is 1. The van der Waals surface area contributed by atoms with Crippen molar-refractivity contribution in [2.24, 2.45) is 17.6 Å². The minimum Gasteiger partial charge on any atom is -0.355 e. The van der Waals surface area contributed by atoms with Gasteiger partial charge in [-0.15, -0.1) is 0 Å². The molecule has 3 nitrogen and oxygen atoms in total. The molecule has 1 saturated carbocycles. The third kappa shape index (κ3) is 4.97. The number of carbonyl (C=O) groups excluding carboxylic acids is 1. The lowest BCUT2D eigenvalue weighted by molar-refractivity contribution is -0.126. The smallest absolute Gasteiger partial charge is 0.239 e. The van der Waals surface area contributed by atoms with Gasteiger partial charge < -0.3 is 11.1 Å².